The predicted molar refractivity (Wildman–Crippen MR) is 358 cm³/mol. The van der Waals surface area contributed by atoms with Gasteiger partial charge in [0.1, 0.15) is 44.1 Å². The Bertz CT molecular complexity index is 3080. The fourth-order valence-corrected chi connectivity index (χ4v) is 7.88. The number of nitrogens with one attached hydrogen (secondary N) is 5. The summed E-state index contributed by atoms with van der Waals surface area (Å²) in [6.45, 7) is 12.0. The van der Waals surface area contributed by atoms with E-state index in [0.29, 0.717) is 100 Å². The van der Waals surface area contributed by atoms with Crippen LogP contribution in [0.15, 0.2) is 0 Å². The lowest BCUT2D eigenvalue weighted by molar-refractivity contribution is 0.288. The van der Waals surface area contributed by atoms with Gasteiger partial charge in [0.15, 0.2) is 32.9 Å². The largest absolute Gasteiger partial charge is 0.396 e. The Labute approximate surface area is 546 Å². The second-order valence-corrected chi connectivity index (χ2v) is 19.0. The van der Waals surface area contributed by atoms with Crippen molar-refractivity contribution in [3.63, 3.8) is 0 Å². The third-order valence-corrected chi connectivity index (χ3v) is 11.5. The molecular formula is C50H79Cl9N24O3. The monoisotopic (exact) mass is 1380 g/mol. The molecule has 86 heavy (non-hydrogen) atoms. The molecule has 0 aromatic carbocycles. The van der Waals surface area contributed by atoms with Crippen LogP contribution in [-0.4, -0.2) is 169 Å². The molecule has 0 atom stereocenters. The van der Waals surface area contributed by atoms with Gasteiger partial charge < -0.3 is 59.1 Å². The van der Waals surface area contributed by atoms with Crippen LogP contribution in [0.2, 0.25) is 47.2 Å². The van der Waals surface area contributed by atoms with Crippen molar-refractivity contribution in [1.29, 1.82) is 0 Å². The number of hydrogen-bond donors (Lipinski definition) is 11. The molecule has 0 bridgehead atoms. The van der Waals surface area contributed by atoms with Crippen molar-refractivity contribution >= 4 is 178 Å². The van der Waals surface area contributed by atoms with Crippen LogP contribution in [0, 0.1) is 0 Å². The van der Waals surface area contributed by atoms with Crippen molar-refractivity contribution in [1.82, 2.24) is 79.7 Å². The molecule has 0 aliphatic carbocycles. The Hall–Kier alpha value is -4.95. The van der Waals surface area contributed by atoms with Crippen LogP contribution >= 0.6 is 104 Å². The van der Waals surface area contributed by atoms with E-state index in [2.05, 4.69) is 126 Å². The first-order valence-corrected chi connectivity index (χ1v) is 28.9. The molecule has 0 saturated carbocycles. The molecule has 0 saturated heterocycles. The van der Waals surface area contributed by atoms with E-state index < -0.39 is 0 Å². The van der Waals surface area contributed by atoms with Crippen LogP contribution in [0.4, 0.5) is 29.4 Å². The van der Waals surface area contributed by atoms with Gasteiger partial charge in [0.05, 0.1) is 18.0 Å². The van der Waals surface area contributed by atoms with Crippen LogP contribution in [0.3, 0.4) is 0 Å². The minimum atomic E-state index is -0.0182. The van der Waals surface area contributed by atoms with Crippen LogP contribution in [0.25, 0.3) is 44.1 Å². The molecule has 8 heterocycles. The number of aromatic nitrogens is 16. The zero-order valence-corrected chi connectivity index (χ0v) is 53.2. The summed E-state index contributed by atoms with van der Waals surface area (Å²) in [6, 6.07) is 0. The number of fused-ring (bicyclic) bond motifs is 4. The SMILES string of the molecule is C.C.C.CCCN.CCCNc1nc(Cl)nc2c(CCCO)nc(Cl)nc12.CCCNc1nc(Cl)nc2c(Cl)nc(Cl)nc12.CCCNc1nc(NC)nc2c(CCCO)nc(NC)nc12.CN.Clc1nc(Cl)c2nc(Cl)nc(Cl)c2n1.NCCO. The van der Waals surface area contributed by atoms with E-state index in [-0.39, 0.29) is 100 Å². The number of nitrogens with two attached hydrogens (primary N) is 3. The molecule has 480 valence electrons. The molecule has 8 aromatic rings. The quantitative estimate of drug-likeness (QED) is 0.0265. The summed E-state index contributed by atoms with van der Waals surface area (Å²) in [5.74, 6) is 2.81. The lowest BCUT2D eigenvalue weighted by atomic mass is 10.2. The number of halogens is 9. The van der Waals surface area contributed by atoms with Gasteiger partial charge in [-0.3, -0.25) is 0 Å². The molecule has 27 nitrogen and oxygen atoms in total. The number of anilines is 5. The zero-order valence-electron chi connectivity index (χ0n) is 46.4. The highest BCUT2D eigenvalue weighted by molar-refractivity contribution is 6.39. The van der Waals surface area contributed by atoms with Gasteiger partial charge in [0.2, 0.25) is 43.6 Å². The Balaban J connectivity index is 0. The van der Waals surface area contributed by atoms with Gasteiger partial charge in [-0.2, -0.15) is 15.0 Å². The molecule has 8 aromatic heterocycles. The molecule has 0 radical (unpaired) electrons. The van der Waals surface area contributed by atoms with E-state index in [1.807, 2.05) is 13.8 Å². The average Bonchev–Trinajstić information content (AvgIpc) is 2.78. The van der Waals surface area contributed by atoms with Crippen LogP contribution < -0.4 is 43.8 Å². The lowest BCUT2D eigenvalue weighted by Gasteiger charge is -2.12. The standard InChI is InChI=1S/C14H23N7O.C12H15Cl2N5O.C9H8Cl3N5.C6Cl4N4.C3H9N.C2H7NO.CH5N.3CH4/c1-4-7-17-12-11-10(19-14(16-3)21-12)9(6-5-8-22)18-13(15-2)20-11;1-2-5-15-10-9-8(17-12(14)19-10)7(4-3-6-20)16-11(13)18-9;1-2-3-13-7-5-4(14-9(12)17-7)6(10)16-8(11)15-5;7-3-1-2(12-6(10)13-3)4(8)14-5(9)11-1;1-2-3-4;3-1-2-4;1-2;;;/h22H,4-8H2,1-3H3,(H,15,18,20)(H2,16,17,19,21);20H,2-6H2,1H3,(H,15,17,19);2-3H2,1H3,(H,13,14,17);;2-4H2,1H3;4H,1-3H2;2H2,1H3;3*1H4. The summed E-state index contributed by atoms with van der Waals surface area (Å²) in [6.07, 6.45) is 6.36. The second-order valence-electron chi connectivity index (χ2n) is 15.9. The summed E-state index contributed by atoms with van der Waals surface area (Å²) in [7, 11) is 5.06. The van der Waals surface area contributed by atoms with E-state index >= 15 is 0 Å². The van der Waals surface area contributed by atoms with E-state index in [0.717, 1.165) is 57.6 Å². The summed E-state index contributed by atoms with van der Waals surface area (Å²) >= 11 is 52.1. The van der Waals surface area contributed by atoms with Gasteiger partial charge in [-0.25, -0.2) is 64.8 Å². The number of hydrogen-bond acceptors (Lipinski definition) is 27. The van der Waals surface area contributed by atoms with Gasteiger partial charge in [-0.05, 0) is 135 Å². The second kappa shape index (κ2) is 46.2. The maximum Gasteiger partial charge on any atom is 0.225 e. The number of aliphatic hydroxyl groups excluding tert-OH is 3. The van der Waals surface area contributed by atoms with Crippen molar-refractivity contribution in [2.75, 3.05) is 100 Å². The first-order valence-electron chi connectivity index (χ1n) is 25.5. The van der Waals surface area contributed by atoms with Crippen molar-refractivity contribution < 1.29 is 15.3 Å². The van der Waals surface area contributed by atoms with Crippen LogP contribution in [0.5, 0.6) is 0 Å². The number of aryl methyl sites for hydroxylation is 2. The summed E-state index contributed by atoms with van der Waals surface area (Å²) in [5.41, 5.74) is 19.7. The van der Waals surface area contributed by atoms with Crippen molar-refractivity contribution in [3.05, 3.63) is 58.5 Å². The molecule has 0 aliphatic heterocycles. The molecule has 14 N–H and O–H groups in total. The fourth-order valence-electron chi connectivity index (χ4n) is 6.08. The first kappa shape index (κ1) is 83.1. The van der Waals surface area contributed by atoms with Gasteiger partial charge in [-0.15, -0.1) is 0 Å². The Morgan fingerprint density at radius 3 is 0.988 bits per heavy atom. The van der Waals surface area contributed by atoms with Gasteiger partial charge >= 0.3 is 0 Å². The Morgan fingerprint density at radius 1 is 0.349 bits per heavy atom. The summed E-state index contributed by atoms with van der Waals surface area (Å²) in [5, 5.41) is 41.9. The zero-order chi connectivity index (χ0) is 62.0. The van der Waals surface area contributed by atoms with Gasteiger partial charge in [0.25, 0.3) is 0 Å². The maximum absolute atomic E-state index is 9.08. The normalized spacial score (nSPS) is 9.98. The molecule has 36 heteroatoms. The predicted octanol–water partition coefficient (Wildman–Crippen LogP) is 10.7. The van der Waals surface area contributed by atoms with E-state index in [1.54, 1.807) is 14.1 Å². The fraction of sp³-hybridized carbons (Fsp3) is 0.520. The highest BCUT2D eigenvalue weighted by atomic mass is 35.5. The molecule has 0 spiro atoms. The average molecular weight is 1380 g/mol. The van der Waals surface area contributed by atoms with E-state index in [4.69, 9.17) is 131 Å². The summed E-state index contributed by atoms with van der Waals surface area (Å²) < 4.78 is 0. The van der Waals surface area contributed by atoms with Crippen LogP contribution in [0.1, 0.15) is 99.9 Å². The van der Waals surface area contributed by atoms with E-state index in [9.17, 15) is 0 Å². The lowest BCUT2D eigenvalue weighted by Crippen LogP contribution is -2.10. The van der Waals surface area contributed by atoms with Crippen molar-refractivity contribution in [3.8, 4) is 0 Å². The Morgan fingerprint density at radius 2 is 0.628 bits per heavy atom. The highest BCUT2D eigenvalue weighted by Gasteiger charge is 2.18. The van der Waals surface area contributed by atoms with Crippen molar-refractivity contribution in [2.24, 2.45) is 17.2 Å². The molecule has 0 unspecified atom stereocenters. The first-order chi connectivity index (χ1) is 39.9. The molecule has 0 fully saturated rings. The third-order valence-electron chi connectivity index (χ3n) is 9.66. The van der Waals surface area contributed by atoms with Gasteiger partial charge in [-0.1, -0.05) is 84.8 Å². The third kappa shape index (κ3) is 27.2. The molecule has 0 aliphatic rings. The number of aliphatic hydroxyl groups is 3. The van der Waals surface area contributed by atoms with E-state index in [1.165, 1.54) is 7.05 Å². The topological polar surface area (TPSA) is 405 Å². The number of rotatable bonds is 19. The smallest absolute Gasteiger partial charge is 0.225 e. The maximum atomic E-state index is 9.08. The Kier molecular flexibility index (Phi) is 44.7. The highest BCUT2D eigenvalue weighted by Crippen LogP contribution is 2.29. The van der Waals surface area contributed by atoms with Crippen molar-refractivity contribution in [2.45, 2.75) is 101 Å². The summed E-state index contributed by atoms with van der Waals surface area (Å²) in [4.78, 5) is 65.6. The molecular weight excluding hydrogens is 1300 g/mol. The molecule has 8 rings (SSSR count). The number of nitrogens with zero attached hydrogens (tertiary/aromatic N) is 16. The minimum Gasteiger partial charge on any atom is -0.396 e. The molecule has 0 amide bonds. The van der Waals surface area contributed by atoms with Gasteiger partial charge in [0, 0.05) is 53.5 Å². The van der Waals surface area contributed by atoms with Crippen LogP contribution in [-0.2, 0) is 12.8 Å². The minimum absolute atomic E-state index is 0.